The van der Waals surface area contributed by atoms with Gasteiger partial charge in [-0.2, -0.15) is 4.31 Å². The maximum Gasteiger partial charge on any atom is 0.243 e. The first kappa shape index (κ1) is 19.7. The Morgan fingerprint density at radius 3 is 2.25 bits per heavy atom. The van der Waals surface area contributed by atoms with E-state index in [1.807, 2.05) is 19.1 Å². The number of hydrogen-bond donors (Lipinski definition) is 1. The average Bonchev–Trinajstić information content (AvgIpc) is 3.07. The summed E-state index contributed by atoms with van der Waals surface area (Å²) in [5.41, 5.74) is 7.21. The summed E-state index contributed by atoms with van der Waals surface area (Å²) in [6.45, 7) is 3.09. The summed E-state index contributed by atoms with van der Waals surface area (Å²) in [6.07, 6.45) is 7.23. The maximum absolute atomic E-state index is 12.8. The van der Waals surface area contributed by atoms with Gasteiger partial charge in [0.05, 0.1) is 4.90 Å². The monoisotopic (exact) mass is 372 g/mol. The molecule has 0 aromatic heterocycles. The van der Waals surface area contributed by atoms with Gasteiger partial charge in [0.1, 0.15) is 0 Å². The van der Waals surface area contributed by atoms with Gasteiger partial charge in [0.2, 0.25) is 10.0 Å². The topological polar surface area (TPSA) is 63.4 Å². The molecular formula is C18H29ClN2O2S. The molecule has 24 heavy (non-hydrogen) atoms. The van der Waals surface area contributed by atoms with Crippen LogP contribution >= 0.6 is 12.4 Å². The molecule has 2 unspecified atom stereocenters. The highest BCUT2D eigenvalue weighted by atomic mass is 35.5. The Balaban J connectivity index is 0.00000208. The van der Waals surface area contributed by atoms with Crippen LogP contribution in [0.25, 0.3) is 0 Å². The molecule has 6 heteroatoms. The first-order valence-electron chi connectivity index (χ1n) is 8.84. The molecule has 1 heterocycles. The highest BCUT2D eigenvalue weighted by Crippen LogP contribution is 2.33. The summed E-state index contributed by atoms with van der Waals surface area (Å²) in [4.78, 5) is 0.419. The van der Waals surface area contributed by atoms with E-state index in [1.54, 1.807) is 16.4 Å². The van der Waals surface area contributed by atoms with Crippen LogP contribution in [-0.2, 0) is 10.0 Å². The SMILES string of the molecule is CC(N)C1CCN(S(=O)(=O)c2ccc(C3CCCCC3)cc2)C1.Cl. The summed E-state index contributed by atoms with van der Waals surface area (Å²) in [5.74, 6) is 0.876. The van der Waals surface area contributed by atoms with Gasteiger partial charge in [0.25, 0.3) is 0 Å². The van der Waals surface area contributed by atoms with Crippen molar-refractivity contribution >= 4 is 22.4 Å². The van der Waals surface area contributed by atoms with Crippen molar-refractivity contribution in [1.82, 2.24) is 4.31 Å². The highest BCUT2D eigenvalue weighted by Gasteiger charge is 2.33. The lowest BCUT2D eigenvalue weighted by atomic mass is 9.84. The molecule has 1 saturated heterocycles. The molecule has 4 nitrogen and oxygen atoms in total. The summed E-state index contributed by atoms with van der Waals surface area (Å²) < 4.78 is 27.1. The molecule has 1 aromatic carbocycles. The molecule has 1 aliphatic carbocycles. The minimum absolute atomic E-state index is 0. The molecule has 2 fully saturated rings. The number of halogens is 1. The zero-order valence-electron chi connectivity index (χ0n) is 14.4. The Morgan fingerprint density at radius 2 is 1.71 bits per heavy atom. The van der Waals surface area contributed by atoms with Gasteiger partial charge >= 0.3 is 0 Å². The van der Waals surface area contributed by atoms with Crippen LogP contribution in [-0.4, -0.2) is 31.9 Å². The van der Waals surface area contributed by atoms with E-state index in [0.717, 1.165) is 6.42 Å². The third-order valence-electron chi connectivity index (χ3n) is 5.53. The minimum atomic E-state index is -3.37. The Morgan fingerprint density at radius 1 is 1.08 bits per heavy atom. The van der Waals surface area contributed by atoms with Crippen molar-refractivity contribution in [3.05, 3.63) is 29.8 Å². The second-order valence-corrected chi connectivity index (χ2v) is 9.11. The van der Waals surface area contributed by atoms with E-state index in [2.05, 4.69) is 0 Å². The standard InChI is InChI=1S/C18H28N2O2S.ClH/c1-14(19)17-11-12-20(13-17)23(21,22)18-9-7-16(8-10-18)15-5-3-2-4-6-15;/h7-10,14-15,17H,2-6,11-13,19H2,1H3;1H. The summed E-state index contributed by atoms with van der Waals surface area (Å²) >= 11 is 0. The van der Waals surface area contributed by atoms with Gasteiger partial charge in [-0.15, -0.1) is 12.4 Å². The van der Waals surface area contributed by atoms with Crippen LogP contribution in [0.4, 0.5) is 0 Å². The van der Waals surface area contributed by atoms with Crippen molar-refractivity contribution in [2.45, 2.75) is 62.3 Å². The van der Waals surface area contributed by atoms with Crippen molar-refractivity contribution in [2.75, 3.05) is 13.1 Å². The molecule has 1 saturated carbocycles. The molecule has 0 bridgehead atoms. The minimum Gasteiger partial charge on any atom is -0.328 e. The number of rotatable bonds is 4. The first-order valence-corrected chi connectivity index (χ1v) is 10.3. The van der Waals surface area contributed by atoms with Gasteiger partial charge in [-0.3, -0.25) is 0 Å². The Bertz CT molecular complexity index is 625. The van der Waals surface area contributed by atoms with Crippen molar-refractivity contribution in [3.63, 3.8) is 0 Å². The first-order chi connectivity index (χ1) is 11.0. The van der Waals surface area contributed by atoms with Crippen molar-refractivity contribution in [2.24, 2.45) is 11.7 Å². The number of nitrogens with zero attached hydrogens (tertiary/aromatic N) is 1. The molecule has 0 spiro atoms. The zero-order valence-corrected chi connectivity index (χ0v) is 16.0. The Kier molecular flexibility index (Phi) is 6.71. The van der Waals surface area contributed by atoms with E-state index in [-0.39, 0.29) is 24.4 Å². The van der Waals surface area contributed by atoms with E-state index in [0.29, 0.717) is 23.9 Å². The van der Waals surface area contributed by atoms with Crippen LogP contribution in [0.15, 0.2) is 29.2 Å². The summed E-state index contributed by atoms with van der Waals surface area (Å²) in [7, 11) is -3.37. The third-order valence-corrected chi connectivity index (χ3v) is 7.40. The predicted octanol–water partition coefficient (Wildman–Crippen LogP) is 3.51. The van der Waals surface area contributed by atoms with Crippen molar-refractivity contribution in [1.29, 1.82) is 0 Å². The van der Waals surface area contributed by atoms with Gasteiger partial charge in [0.15, 0.2) is 0 Å². The van der Waals surface area contributed by atoms with Gasteiger partial charge in [0, 0.05) is 19.1 Å². The second kappa shape index (κ2) is 8.17. The summed E-state index contributed by atoms with van der Waals surface area (Å²) in [5, 5.41) is 0. The maximum atomic E-state index is 12.8. The lowest BCUT2D eigenvalue weighted by molar-refractivity contribution is 0.428. The molecule has 1 aliphatic heterocycles. The fourth-order valence-electron chi connectivity index (χ4n) is 3.90. The molecule has 0 amide bonds. The molecule has 136 valence electrons. The molecule has 2 aliphatic rings. The molecule has 1 aromatic rings. The van der Waals surface area contributed by atoms with Crippen LogP contribution in [0.3, 0.4) is 0 Å². The van der Waals surface area contributed by atoms with Crippen LogP contribution < -0.4 is 5.73 Å². The van der Waals surface area contributed by atoms with E-state index in [4.69, 9.17) is 5.73 Å². The van der Waals surface area contributed by atoms with Crippen molar-refractivity contribution < 1.29 is 8.42 Å². The highest BCUT2D eigenvalue weighted by molar-refractivity contribution is 7.89. The van der Waals surface area contributed by atoms with Gasteiger partial charge in [-0.1, -0.05) is 31.4 Å². The molecule has 3 rings (SSSR count). The van der Waals surface area contributed by atoms with E-state index >= 15 is 0 Å². The van der Waals surface area contributed by atoms with Gasteiger partial charge < -0.3 is 5.73 Å². The van der Waals surface area contributed by atoms with E-state index in [9.17, 15) is 8.42 Å². The number of benzene rings is 1. The molecule has 2 N–H and O–H groups in total. The number of sulfonamides is 1. The Labute approximate surface area is 152 Å². The molecule has 0 radical (unpaired) electrons. The van der Waals surface area contributed by atoms with Crippen LogP contribution in [0.1, 0.15) is 56.9 Å². The molecule has 2 atom stereocenters. The largest absolute Gasteiger partial charge is 0.328 e. The van der Waals surface area contributed by atoms with Gasteiger partial charge in [-0.25, -0.2) is 8.42 Å². The van der Waals surface area contributed by atoms with Crippen LogP contribution in [0.2, 0.25) is 0 Å². The summed E-state index contributed by atoms with van der Waals surface area (Å²) in [6, 6.07) is 7.66. The van der Waals surface area contributed by atoms with E-state index in [1.165, 1.54) is 37.7 Å². The Hall–Kier alpha value is -0.620. The van der Waals surface area contributed by atoms with Crippen molar-refractivity contribution in [3.8, 4) is 0 Å². The molecular weight excluding hydrogens is 344 g/mol. The average molecular weight is 373 g/mol. The van der Waals surface area contributed by atoms with Gasteiger partial charge in [-0.05, 0) is 55.7 Å². The second-order valence-electron chi connectivity index (χ2n) is 7.17. The quantitative estimate of drug-likeness (QED) is 0.879. The fraction of sp³-hybridized carbons (Fsp3) is 0.667. The third kappa shape index (κ3) is 4.13. The number of hydrogen-bond acceptors (Lipinski definition) is 3. The predicted molar refractivity (Wildman–Crippen MR) is 100 cm³/mol. The lowest BCUT2D eigenvalue weighted by Crippen LogP contribution is -2.33. The lowest BCUT2D eigenvalue weighted by Gasteiger charge is -2.22. The van der Waals surface area contributed by atoms with Crippen LogP contribution in [0, 0.1) is 5.92 Å². The normalized spacial score (nSPS) is 24.5. The smallest absolute Gasteiger partial charge is 0.243 e. The zero-order chi connectivity index (χ0) is 16.4. The van der Waals surface area contributed by atoms with E-state index < -0.39 is 10.0 Å². The fourth-order valence-corrected chi connectivity index (χ4v) is 5.41. The number of nitrogens with two attached hydrogens (primary N) is 1. The van der Waals surface area contributed by atoms with Crippen LogP contribution in [0.5, 0.6) is 0 Å².